The number of H-pyrrole nitrogens is 1. The number of hydrogen-bond donors (Lipinski definition) is 2. The predicted octanol–water partition coefficient (Wildman–Crippen LogP) is -1.77. The first-order chi connectivity index (χ1) is 4.52. The van der Waals surface area contributed by atoms with Crippen LogP contribution in [0, 0.1) is 0 Å². The summed E-state index contributed by atoms with van der Waals surface area (Å²) in [5.74, 6) is 0. The minimum atomic E-state index is -3.94. The summed E-state index contributed by atoms with van der Waals surface area (Å²) in [7, 11) is -3.94. The molecule has 1 aromatic heterocycles. The van der Waals surface area contributed by atoms with Gasteiger partial charge < -0.3 is 0 Å². The Bertz CT molecular complexity index is 372. The molecule has 0 radical (unpaired) electrons. The maximum Gasteiger partial charge on any atom is 0.319 e. The quantitative estimate of drug-likeness (QED) is 0.512. The molecule has 1 rings (SSSR count). The highest BCUT2D eigenvalue weighted by atomic mass is 32.2. The van der Waals surface area contributed by atoms with E-state index >= 15 is 0 Å². The van der Waals surface area contributed by atoms with Crippen LogP contribution in [0.1, 0.15) is 0 Å². The van der Waals surface area contributed by atoms with Crippen molar-refractivity contribution >= 4 is 10.2 Å². The molecular formula is C3H5N3O3S. The van der Waals surface area contributed by atoms with Gasteiger partial charge in [-0.15, -0.1) is 4.09 Å². The molecule has 0 saturated heterocycles. The first kappa shape index (κ1) is 7.03. The summed E-state index contributed by atoms with van der Waals surface area (Å²) in [6, 6.07) is 1.06. The summed E-state index contributed by atoms with van der Waals surface area (Å²) in [4.78, 5) is 10.5. The van der Waals surface area contributed by atoms with E-state index in [-0.39, 0.29) is 0 Å². The fourth-order valence-corrected chi connectivity index (χ4v) is 1.03. The fourth-order valence-electron chi connectivity index (χ4n) is 0.506. The Morgan fingerprint density at radius 2 is 2.20 bits per heavy atom. The van der Waals surface area contributed by atoms with E-state index in [0.29, 0.717) is 4.09 Å². The van der Waals surface area contributed by atoms with Crippen LogP contribution in [-0.2, 0) is 10.2 Å². The molecule has 0 aliphatic rings. The van der Waals surface area contributed by atoms with Crippen molar-refractivity contribution in [2.75, 3.05) is 0 Å². The number of nitrogens with two attached hydrogens (primary N) is 1. The van der Waals surface area contributed by atoms with Gasteiger partial charge in [-0.25, -0.2) is 5.14 Å². The van der Waals surface area contributed by atoms with Crippen molar-refractivity contribution < 1.29 is 8.42 Å². The Kier molecular flexibility index (Phi) is 1.38. The van der Waals surface area contributed by atoms with Gasteiger partial charge in [0.1, 0.15) is 0 Å². The van der Waals surface area contributed by atoms with Gasteiger partial charge in [-0.1, -0.05) is 0 Å². The van der Waals surface area contributed by atoms with E-state index in [1.807, 2.05) is 0 Å². The van der Waals surface area contributed by atoms with Crippen LogP contribution < -0.4 is 10.7 Å². The van der Waals surface area contributed by atoms with Crippen LogP contribution in [0.25, 0.3) is 0 Å². The standard InChI is InChI=1S/C3H5N3O3S/c4-10(8,9)6-3(7)1-2-5-6/h1-2,5H,(H2,4,8,9). The number of nitrogens with zero attached hydrogens (tertiary/aromatic N) is 1. The molecule has 1 heterocycles. The molecule has 0 fully saturated rings. The second-order valence-electron chi connectivity index (χ2n) is 1.61. The molecule has 0 bridgehead atoms. The van der Waals surface area contributed by atoms with Gasteiger partial charge in [0.2, 0.25) is 0 Å². The summed E-state index contributed by atoms with van der Waals surface area (Å²) >= 11 is 0. The lowest BCUT2D eigenvalue weighted by molar-refractivity contribution is 0.580. The smallest absolute Gasteiger partial charge is 0.288 e. The summed E-state index contributed by atoms with van der Waals surface area (Å²) in [6.07, 6.45) is 1.19. The Hall–Kier alpha value is -1.08. The highest BCUT2D eigenvalue weighted by Gasteiger charge is 2.06. The molecule has 3 N–H and O–H groups in total. The van der Waals surface area contributed by atoms with Crippen molar-refractivity contribution in [2.24, 2.45) is 5.14 Å². The second kappa shape index (κ2) is 1.96. The second-order valence-corrected chi connectivity index (χ2v) is 3.01. The molecular weight excluding hydrogens is 158 g/mol. The minimum Gasteiger partial charge on any atom is -0.288 e. The molecule has 7 heteroatoms. The third kappa shape index (κ3) is 1.09. The zero-order valence-corrected chi connectivity index (χ0v) is 5.63. The maximum atomic E-state index is 10.5. The van der Waals surface area contributed by atoms with Gasteiger partial charge in [0.05, 0.1) is 0 Å². The maximum absolute atomic E-state index is 10.5. The van der Waals surface area contributed by atoms with Crippen LogP contribution in [0.5, 0.6) is 0 Å². The molecule has 0 aromatic carbocycles. The van der Waals surface area contributed by atoms with Crippen LogP contribution >= 0.6 is 0 Å². The summed E-state index contributed by atoms with van der Waals surface area (Å²) in [6.45, 7) is 0. The highest BCUT2D eigenvalue weighted by molar-refractivity contribution is 7.87. The van der Waals surface area contributed by atoms with E-state index in [2.05, 4.69) is 10.2 Å². The lowest BCUT2D eigenvalue weighted by atomic mass is 10.7. The highest BCUT2D eigenvalue weighted by Crippen LogP contribution is 1.77. The molecule has 0 amide bonds. The van der Waals surface area contributed by atoms with Crippen molar-refractivity contribution in [1.82, 2.24) is 9.19 Å². The number of nitrogens with one attached hydrogen (secondary N) is 1. The molecule has 0 spiro atoms. The van der Waals surface area contributed by atoms with Gasteiger partial charge in [-0.05, 0) is 0 Å². The van der Waals surface area contributed by atoms with E-state index < -0.39 is 15.8 Å². The van der Waals surface area contributed by atoms with E-state index in [4.69, 9.17) is 0 Å². The van der Waals surface area contributed by atoms with Crippen LogP contribution in [0.2, 0.25) is 0 Å². The summed E-state index contributed by atoms with van der Waals surface area (Å²) in [5, 5.41) is 6.74. The monoisotopic (exact) mass is 163 g/mol. The molecule has 0 atom stereocenters. The summed E-state index contributed by atoms with van der Waals surface area (Å²) < 4.78 is 21.2. The van der Waals surface area contributed by atoms with Crippen LogP contribution in [0.4, 0.5) is 0 Å². The first-order valence-electron chi connectivity index (χ1n) is 2.31. The van der Waals surface area contributed by atoms with Crippen molar-refractivity contribution in [3.8, 4) is 0 Å². The average Bonchev–Trinajstić information content (AvgIpc) is 2.11. The lowest BCUT2D eigenvalue weighted by Crippen LogP contribution is -2.30. The number of rotatable bonds is 1. The van der Waals surface area contributed by atoms with E-state index in [0.717, 1.165) is 6.07 Å². The Morgan fingerprint density at radius 3 is 2.40 bits per heavy atom. The normalized spacial score (nSPS) is 11.7. The molecule has 1 aromatic rings. The van der Waals surface area contributed by atoms with Crippen LogP contribution in [0.15, 0.2) is 17.1 Å². The number of aromatic amines is 1. The van der Waals surface area contributed by atoms with Crippen molar-refractivity contribution in [3.63, 3.8) is 0 Å². The average molecular weight is 163 g/mol. The van der Waals surface area contributed by atoms with Gasteiger partial charge in [0.25, 0.3) is 5.56 Å². The Labute approximate surface area is 56.4 Å². The largest absolute Gasteiger partial charge is 0.319 e. The minimum absolute atomic E-state index is 0.340. The predicted molar refractivity (Wildman–Crippen MR) is 33.6 cm³/mol. The first-order valence-corrected chi connectivity index (χ1v) is 3.82. The molecule has 0 saturated carbocycles. The van der Waals surface area contributed by atoms with Crippen LogP contribution in [0.3, 0.4) is 0 Å². The van der Waals surface area contributed by atoms with Gasteiger partial charge in [0, 0.05) is 12.3 Å². The number of hydrogen-bond acceptors (Lipinski definition) is 3. The molecule has 0 unspecified atom stereocenters. The van der Waals surface area contributed by atoms with Gasteiger partial charge in [0.15, 0.2) is 0 Å². The van der Waals surface area contributed by atoms with Crippen molar-refractivity contribution in [3.05, 3.63) is 22.6 Å². The zero-order chi connectivity index (χ0) is 7.78. The number of aromatic nitrogens is 2. The third-order valence-corrected chi connectivity index (χ3v) is 1.67. The zero-order valence-electron chi connectivity index (χ0n) is 4.81. The lowest BCUT2D eigenvalue weighted by Gasteiger charge is -1.93. The molecule has 0 aliphatic heterocycles. The van der Waals surface area contributed by atoms with Gasteiger partial charge in [-0.2, -0.15) is 8.42 Å². The molecule has 0 aliphatic carbocycles. The molecule has 10 heavy (non-hydrogen) atoms. The van der Waals surface area contributed by atoms with E-state index in [1.165, 1.54) is 6.20 Å². The Morgan fingerprint density at radius 1 is 1.60 bits per heavy atom. The van der Waals surface area contributed by atoms with E-state index in [1.54, 1.807) is 0 Å². The molecule has 6 nitrogen and oxygen atoms in total. The van der Waals surface area contributed by atoms with Gasteiger partial charge >= 0.3 is 10.2 Å². The third-order valence-electron chi connectivity index (χ3n) is 0.872. The van der Waals surface area contributed by atoms with Crippen molar-refractivity contribution in [1.29, 1.82) is 0 Å². The fraction of sp³-hybridized carbons (Fsp3) is 0. The summed E-state index contributed by atoms with van der Waals surface area (Å²) in [5.41, 5.74) is -0.692. The topological polar surface area (TPSA) is 97.9 Å². The Balaban J connectivity index is 3.47. The van der Waals surface area contributed by atoms with Crippen molar-refractivity contribution in [2.45, 2.75) is 0 Å². The SMILES string of the molecule is NS(=O)(=O)n1[nH]ccc1=O. The van der Waals surface area contributed by atoms with E-state index in [9.17, 15) is 13.2 Å². The molecule has 56 valence electrons. The van der Waals surface area contributed by atoms with Gasteiger partial charge in [-0.3, -0.25) is 9.89 Å². The van der Waals surface area contributed by atoms with Crippen LogP contribution in [-0.4, -0.2) is 17.6 Å².